The lowest BCUT2D eigenvalue weighted by Crippen LogP contribution is -2.12. The lowest BCUT2D eigenvalue weighted by molar-refractivity contribution is -0.114. The molecule has 0 radical (unpaired) electrons. The smallest absolute Gasteiger partial charge is 0.255 e. The van der Waals surface area contributed by atoms with E-state index in [1.54, 1.807) is 48.5 Å². The van der Waals surface area contributed by atoms with Gasteiger partial charge in [0.25, 0.3) is 5.91 Å². The van der Waals surface area contributed by atoms with Crippen LogP contribution in [0.3, 0.4) is 0 Å². The van der Waals surface area contributed by atoms with Gasteiger partial charge in [0, 0.05) is 23.9 Å². The molecule has 0 bridgehead atoms. The number of aliphatic hydroxyl groups is 1. The fourth-order valence-electron chi connectivity index (χ4n) is 1.80. The van der Waals surface area contributed by atoms with E-state index in [2.05, 4.69) is 10.6 Å². The molecule has 0 aliphatic carbocycles. The first-order valence-corrected chi connectivity index (χ1v) is 6.47. The van der Waals surface area contributed by atoms with Gasteiger partial charge in [-0.05, 0) is 42.0 Å². The van der Waals surface area contributed by atoms with E-state index in [9.17, 15) is 9.59 Å². The summed E-state index contributed by atoms with van der Waals surface area (Å²) in [5.74, 6) is -0.391. The van der Waals surface area contributed by atoms with Crippen LogP contribution < -0.4 is 10.6 Å². The van der Waals surface area contributed by atoms with Crippen LogP contribution in [0.25, 0.3) is 0 Å². The van der Waals surface area contributed by atoms with Gasteiger partial charge in [0.1, 0.15) is 0 Å². The zero-order valence-electron chi connectivity index (χ0n) is 11.6. The Kier molecular flexibility index (Phi) is 4.68. The van der Waals surface area contributed by atoms with Crippen LogP contribution in [0.2, 0.25) is 0 Å². The molecule has 3 N–H and O–H groups in total. The van der Waals surface area contributed by atoms with Crippen LogP contribution >= 0.6 is 0 Å². The van der Waals surface area contributed by atoms with Crippen molar-refractivity contribution in [2.75, 3.05) is 10.6 Å². The lowest BCUT2D eigenvalue weighted by Gasteiger charge is -2.07. The van der Waals surface area contributed by atoms with Crippen molar-refractivity contribution in [1.29, 1.82) is 0 Å². The molecule has 0 aromatic heterocycles. The van der Waals surface area contributed by atoms with E-state index in [-0.39, 0.29) is 18.4 Å². The third-order valence-corrected chi connectivity index (χ3v) is 2.86. The number of anilines is 2. The molecule has 21 heavy (non-hydrogen) atoms. The summed E-state index contributed by atoms with van der Waals surface area (Å²) in [6, 6.07) is 13.6. The lowest BCUT2D eigenvalue weighted by atomic mass is 10.1. The molecule has 0 spiro atoms. The number of amides is 2. The number of nitrogens with one attached hydrogen (secondary N) is 2. The van der Waals surface area contributed by atoms with Crippen LogP contribution in [0, 0.1) is 0 Å². The van der Waals surface area contributed by atoms with E-state index in [4.69, 9.17) is 5.11 Å². The zero-order chi connectivity index (χ0) is 15.2. The monoisotopic (exact) mass is 284 g/mol. The van der Waals surface area contributed by atoms with Crippen LogP contribution in [0.15, 0.2) is 48.5 Å². The summed E-state index contributed by atoms with van der Waals surface area (Å²) in [5.41, 5.74) is 2.58. The third-order valence-electron chi connectivity index (χ3n) is 2.86. The molecule has 2 rings (SSSR count). The fourth-order valence-corrected chi connectivity index (χ4v) is 1.80. The average molecular weight is 284 g/mol. The summed E-state index contributed by atoms with van der Waals surface area (Å²) in [5, 5.41) is 14.4. The van der Waals surface area contributed by atoms with E-state index in [0.29, 0.717) is 16.9 Å². The molecular weight excluding hydrogens is 268 g/mol. The largest absolute Gasteiger partial charge is 0.392 e. The van der Waals surface area contributed by atoms with Crippen LogP contribution in [-0.2, 0) is 11.4 Å². The molecule has 0 fully saturated rings. The summed E-state index contributed by atoms with van der Waals surface area (Å²) in [7, 11) is 0. The Hall–Kier alpha value is -2.66. The highest BCUT2D eigenvalue weighted by atomic mass is 16.3. The molecule has 0 saturated carbocycles. The number of hydrogen-bond donors (Lipinski definition) is 3. The normalized spacial score (nSPS) is 10.0. The number of benzene rings is 2. The standard InChI is InChI=1S/C16H16N2O3/c1-11(20)17-14-8-4-13(5-9-14)16(21)18-15-6-2-12(10-19)3-7-15/h2-9,19H,10H2,1H3,(H,17,20)(H,18,21). The molecule has 0 unspecified atom stereocenters. The third kappa shape index (κ3) is 4.15. The maximum absolute atomic E-state index is 12.1. The minimum absolute atomic E-state index is 0.0289. The first-order valence-electron chi connectivity index (χ1n) is 6.47. The van der Waals surface area contributed by atoms with Crippen LogP contribution in [-0.4, -0.2) is 16.9 Å². The van der Waals surface area contributed by atoms with Gasteiger partial charge in [0.2, 0.25) is 5.91 Å². The van der Waals surface area contributed by atoms with Gasteiger partial charge in [-0.3, -0.25) is 9.59 Å². The van der Waals surface area contributed by atoms with E-state index < -0.39 is 0 Å². The molecule has 0 aliphatic rings. The fraction of sp³-hybridized carbons (Fsp3) is 0.125. The van der Waals surface area contributed by atoms with Crippen molar-refractivity contribution < 1.29 is 14.7 Å². The molecule has 5 heteroatoms. The summed E-state index contributed by atoms with van der Waals surface area (Å²) in [6.45, 7) is 1.40. The van der Waals surface area contributed by atoms with Gasteiger partial charge in [-0.25, -0.2) is 0 Å². The predicted molar refractivity (Wildman–Crippen MR) is 81.1 cm³/mol. The van der Waals surface area contributed by atoms with Gasteiger partial charge in [-0.15, -0.1) is 0 Å². The molecule has 2 aromatic rings. The van der Waals surface area contributed by atoms with Gasteiger partial charge in [-0.2, -0.15) is 0 Å². The van der Waals surface area contributed by atoms with Crippen molar-refractivity contribution in [2.45, 2.75) is 13.5 Å². The molecule has 0 aliphatic heterocycles. The molecular formula is C16H16N2O3. The predicted octanol–water partition coefficient (Wildman–Crippen LogP) is 2.39. The first kappa shape index (κ1) is 14.7. The number of rotatable bonds is 4. The first-order chi connectivity index (χ1) is 10.1. The summed E-state index contributed by atoms with van der Waals surface area (Å²) >= 11 is 0. The van der Waals surface area contributed by atoms with Crippen molar-refractivity contribution in [3.63, 3.8) is 0 Å². The second kappa shape index (κ2) is 6.67. The maximum Gasteiger partial charge on any atom is 0.255 e. The van der Waals surface area contributed by atoms with E-state index in [1.165, 1.54) is 6.92 Å². The van der Waals surface area contributed by atoms with Gasteiger partial charge in [0.05, 0.1) is 6.61 Å². The molecule has 2 amide bonds. The molecule has 108 valence electrons. The topological polar surface area (TPSA) is 78.4 Å². The van der Waals surface area contributed by atoms with Crippen molar-refractivity contribution >= 4 is 23.2 Å². The van der Waals surface area contributed by atoms with Gasteiger partial charge in [0.15, 0.2) is 0 Å². The van der Waals surface area contributed by atoms with Crippen molar-refractivity contribution in [3.05, 3.63) is 59.7 Å². The molecule has 5 nitrogen and oxygen atoms in total. The van der Waals surface area contributed by atoms with Crippen molar-refractivity contribution in [2.24, 2.45) is 0 Å². The molecule has 0 heterocycles. The van der Waals surface area contributed by atoms with Crippen LogP contribution in [0.5, 0.6) is 0 Å². The highest BCUT2D eigenvalue weighted by Gasteiger charge is 2.06. The van der Waals surface area contributed by atoms with E-state index in [0.717, 1.165) is 5.56 Å². The number of carbonyl (C=O) groups is 2. The summed E-state index contributed by atoms with van der Waals surface area (Å²) in [6.07, 6.45) is 0. The second-order valence-corrected chi connectivity index (χ2v) is 4.57. The Morgan fingerprint density at radius 1 is 0.905 bits per heavy atom. The van der Waals surface area contributed by atoms with Gasteiger partial charge < -0.3 is 15.7 Å². The zero-order valence-corrected chi connectivity index (χ0v) is 11.6. The minimum Gasteiger partial charge on any atom is -0.392 e. The Morgan fingerprint density at radius 2 is 1.43 bits per heavy atom. The van der Waals surface area contributed by atoms with Crippen molar-refractivity contribution in [3.8, 4) is 0 Å². The molecule has 2 aromatic carbocycles. The van der Waals surface area contributed by atoms with Crippen LogP contribution in [0.4, 0.5) is 11.4 Å². The Bertz CT molecular complexity index is 634. The maximum atomic E-state index is 12.1. The van der Waals surface area contributed by atoms with Crippen molar-refractivity contribution in [1.82, 2.24) is 0 Å². The highest BCUT2D eigenvalue weighted by Crippen LogP contribution is 2.13. The molecule has 0 saturated heterocycles. The number of aliphatic hydroxyl groups excluding tert-OH is 1. The highest BCUT2D eigenvalue weighted by molar-refractivity contribution is 6.04. The summed E-state index contributed by atoms with van der Waals surface area (Å²) < 4.78 is 0. The quantitative estimate of drug-likeness (QED) is 0.806. The second-order valence-electron chi connectivity index (χ2n) is 4.57. The SMILES string of the molecule is CC(=O)Nc1ccc(C(=O)Nc2ccc(CO)cc2)cc1. The minimum atomic E-state index is -0.235. The van der Waals surface area contributed by atoms with Crippen LogP contribution in [0.1, 0.15) is 22.8 Å². The van der Waals surface area contributed by atoms with E-state index >= 15 is 0 Å². The Balaban J connectivity index is 2.03. The Morgan fingerprint density at radius 3 is 1.95 bits per heavy atom. The number of carbonyl (C=O) groups excluding carboxylic acids is 2. The van der Waals surface area contributed by atoms with Gasteiger partial charge >= 0.3 is 0 Å². The average Bonchev–Trinajstić information content (AvgIpc) is 2.48. The van der Waals surface area contributed by atoms with E-state index in [1.807, 2.05) is 0 Å². The molecule has 0 atom stereocenters. The Labute approximate surface area is 122 Å². The van der Waals surface area contributed by atoms with Gasteiger partial charge in [-0.1, -0.05) is 12.1 Å². The summed E-state index contributed by atoms with van der Waals surface area (Å²) in [4.78, 5) is 23.0. The number of hydrogen-bond acceptors (Lipinski definition) is 3.